The molecule has 4 nitrogen and oxygen atoms in total. The van der Waals surface area contributed by atoms with Gasteiger partial charge in [0.15, 0.2) is 0 Å². The van der Waals surface area contributed by atoms with Gasteiger partial charge in [0.05, 0.1) is 16.9 Å². The normalized spacial score (nSPS) is 12.0. The Balaban J connectivity index is 1.61. The van der Waals surface area contributed by atoms with Gasteiger partial charge in [0.2, 0.25) is 0 Å². The lowest BCUT2D eigenvalue weighted by Crippen LogP contribution is -1.90. The van der Waals surface area contributed by atoms with Crippen molar-refractivity contribution in [3.63, 3.8) is 0 Å². The van der Waals surface area contributed by atoms with Gasteiger partial charge in [0.1, 0.15) is 17.5 Å². The summed E-state index contributed by atoms with van der Waals surface area (Å²) in [4.78, 5) is 15.8. The van der Waals surface area contributed by atoms with Crippen LogP contribution < -0.4 is 0 Å². The predicted molar refractivity (Wildman–Crippen MR) is 218 cm³/mol. The number of fused-ring (bicyclic) bond motifs is 9. The summed E-state index contributed by atoms with van der Waals surface area (Å²) in [6, 6.07) is 20.2. The molecule has 0 amide bonds. The van der Waals surface area contributed by atoms with Crippen LogP contribution in [-0.4, -0.2) is 19.9 Å². The van der Waals surface area contributed by atoms with Gasteiger partial charge in [-0.25, -0.2) is 18.2 Å². The Labute approximate surface area is 332 Å². The maximum absolute atomic E-state index is 14.6. The highest BCUT2D eigenvalue weighted by Crippen LogP contribution is 2.45. The molecule has 0 atom stereocenters. The smallest absolute Gasteiger partial charge is 0.125 e. The average Bonchev–Trinajstić information content (AvgIpc) is 3.85. The number of rotatable bonds is 3. The molecule has 50 heavy (non-hydrogen) atoms. The summed E-state index contributed by atoms with van der Waals surface area (Å²) in [5.74, 6) is -1.20. The summed E-state index contributed by atoms with van der Waals surface area (Å²) < 4.78 is 46.9. The van der Waals surface area contributed by atoms with E-state index >= 15 is 0 Å². The van der Waals surface area contributed by atoms with Gasteiger partial charge in [0, 0.05) is 87.8 Å². The van der Waals surface area contributed by atoms with Gasteiger partial charge in [-0.1, -0.05) is 95.6 Å². The highest BCUT2D eigenvalue weighted by atomic mass is 79.9. The number of halogens is 9. The summed E-state index contributed by atoms with van der Waals surface area (Å²) in [5.41, 5.74) is 10.1. The molecule has 0 spiro atoms. The van der Waals surface area contributed by atoms with Crippen molar-refractivity contribution < 1.29 is 13.2 Å². The molecule has 0 radical (unpaired) electrons. The third-order valence-corrected chi connectivity index (χ3v) is 12.1. The Morgan fingerprint density at radius 1 is 0.360 bits per heavy atom. The number of nitrogens with one attached hydrogen (secondary N) is 3. The molecule has 1 aliphatic heterocycles. The van der Waals surface area contributed by atoms with Gasteiger partial charge in [-0.05, 0) is 84.9 Å². The Morgan fingerprint density at radius 3 is 1.02 bits per heavy atom. The van der Waals surface area contributed by atoms with Gasteiger partial charge in [0.25, 0.3) is 0 Å². The number of hydrogen-bond donors (Lipinski definition) is 3. The Kier molecular flexibility index (Phi) is 9.04. The second-order valence-electron chi connectivity index (χ2n) is 11.4. The van der Waals surface area contributed by atoms with E-state index in [4.69, 9.17) is 4.98 Å². The van der Waals surface area contributed by atoms with Crippen LogP contribution in [0.25, 0.3) is 78.6 Å². The van der Waals surface area contributed by atoms with E-state index in [1.165, 1.54) is 36.4 Å². The van der Waals surface area contributed by atoms with Crippen LogP contribution in [0.5, 0.6) is 0 Å². The van der Waals surface area contributed by atoms with Crippen LogP contribution in [0.15, 0.2) is 99.6 Å². The fourth-order valence-corrected chi connectivity index (χ4v) is 10.9. The number of H-pyrrole nitrogens is 3. The van der Waals surface area contributed by atoms with E-state index < -0.39 is 17.5 Å². The van der Waals surface area contributed by atoms with Gasteiger partial charge in [-0.2, -0.15) is 0 Å². The molecule has 13 heteroatoms. The lowest BCUT2D eigenvalue weighted by atomic mass is 10.0. The maximum atomic E-state index is 14.6. The van der Waals surface area contributed by atoms with Crippen molar-refractivity contribution in [2.75, 3.05) is 0 Å². The van der Waals surface area contributed by atoms with Crippen LogP contribution in [0.2, 0.25) is 0 Å². The molecular formula is C37H17Br6F3N4. The molecule has 1 aliphatic rings. The SMILES string of the molecule is Fc1cc(Br)c(-c2c3nc(c4ccc([nH]4)c(-c4c(Br)cc(F)cc4Br)c4ccc([nH]4)c(-c4c(Br)cc(F)cc4Br)c4ccc2[nH]4)C=C3)c(Br)c1. The molecule has 8 rings (SSSR count). The number of nitrogens with zero attached hydrogens (tertiary/aromatic N) is 1. The van der Waals surface area contributed by atoms with Crippen LogP contribution in [0.4, 0.5) is 13.2 Å². The zero-order valence-corrected chi connectivity index (χ0v) is 34.4. The fraction of sp³-hybridized carbons (Fsp3) is 0. The lowest BCUT2D eigenvalue weighted by Gasteiger charge is -2.11. The van der Waals surface area contributed by atoms with E-state index in [1.54, 1.807) is 0 Å². The minimum atomic E-state index is -0.409. The van der Waals surface area contributed by atoms with E-state index in [1.807, 2.05) is 48.6 Å². The van der Waals surface area contributed by atoms with Crippen LogP contribution in [0, 0.1) is 17.5 Å². The van der Waals surface area contributed by atoms with Crippen molar-refractivity contribution in [1.29, 1.82) is 0 Å². The highest BCUT2D eigenvalue weighted by Gasteiger charge is 2.21. The van der Waals surface area contributed by atoms with Crippen molar-refractivity contribution in [1.82, 2.24) is 19.9 Å². The number of benzene rings is 3. The topological polar surface area (TPSA) is 60.3 Å². The Bertz CT molecular complexity index is 2660. The summed E-state index contributed by atoms with van der Waals surface area (Å²) in [7, 11) is 0. The lowest BCUT2D eigenvalue weighted by molar-refractivity contribution is 0.626. The monoisotopic (exact) mass is 1050 g/mol. The summed E-state index contributed by atoms with van der Waals surface area (Å²) in [6.45, 7) is 0. The molecule has 5 heterocycles. The Hall–Kier alpha value is -2.94. The quantitative estimate of drug-likeness (QED) is 0.162. The molecular weight excluding hydrogens is 1040 g/mol. The van der Waals surface area contributed by atoms with Gasteiger partial charge >= 0.3 is 0 Å². The fourth-order valence-electron chi connectivity index (χ4n) is 6.29. The largest absolute Gasteiger partial charge is 0.354 e. The zero-order chi connectivity index (χ0) is 35.0. The standard InChI is InChI=1S/C37H17Br6F3N4/c38-18-9-15(44)10-19(39)32(18)35-26-3-1-24(47-26)25-2-4-27(48-25)36(33-20(40)11-16(45)12-21(33)41)29-6-8-31(50-29)37(30-7-5-28(35)49-30)34-22(42)13-17(46)14-23(34)43/h1-14,47,49-50H. The number of aromatic amines is 3. The van der Waals surface area contributed by atoms with Crippen LogP contribution in [0.1, 0.15) is 11.4 Å². The van der Waals surface area contributed by atoms with Crippen molar-refractivity contribution in [2.24, 2.45) is 0 Å². The van der Waals surface area contributed by atoms with Crippen LogP contribution in [-0.2, 0) is 0 Å². The van der Waals surface area contributed by atoms with Crippen molar-refractivity contribution >= 4 is 141 Å². The molecule has 8 bridgehead atoms. The molecule has 0 saturated heterocycles. The second kappa shape index (κ2) is 13.2. The van der Waals surface area contributed by atoms with E-state index in [-0.39, 0.29) is 0 Å². The van der Waals surface area contributed by atoms with Crippen molar-refractivity contribution in [3.8, 4) is 33.4 Å². The molecule has 7 aromatic rings. The first-order valence-electron chi connectivity index (χ1n) is 14.8. The molecule has 0 saturated carbocycles. The first-order chi connectivity index (χ1) is 24.0. The van der Waals surface area contributed by atoms with Crippen molar-refractivity contribution in [3.05, 3.63) is 128 Å². The van der Waals surface area contributed by atoms with E-state index in [0.29, 0.717) is 65.9 Å². The minimum Gasteiger partial charge on any atom is -0.354 e. The summed E-state index contributed by atoms with van der Waals surface area (Å²) >= 11 is 21.6. The summed E-state index contributed by atoms with van der Waals surface area (Å²) in [5, 5.41) is 0. The van der Waals surface area contributed by atoms with E-state index in [0.717, 1.165) is 38.8 Å². The molecule has 0 aliphatic carbocycles. The Morgan fingerprint density at radius 2 is 0.640 bits per heavy atom. The van der Waals surface area contributed by atoms with Crippen LogP contribution in [0.3, 0.4) is 0 Å². The molecule has 4 aromatic heterocycles. The molecule has 248 valence electrons. The second-order valence-corrected chi connectivity index (χ2v) is 16.6. The predicted octanol–water partition coefficient (Wildman–Crippen LogP) is 14.7. The third kappa shape index (κ3) is 5.97. The first kappa shape index (κ1) is 34.2. The maximum Gasteiger partial charge on any atom is 0.125 e. The molecule has 3 N–H and O–H groups in total. The number of aromatic nitrogens is 4. The van der Waals surface area contributed by atoms with E-state index in [9.17, 15) is 13.2 Å². The highest BCUT2D eigenvalue weighted by molar-refractivity contribution is 9.12. The van der Waals surface area contributed by atoms with Gasteiger partial charge in [-0.3, -0.25) is 0 Å². The average molecular weight is 1050 g/mol. The number of hydrogen-bond acceptors (Lipinski definition) is 1. The molecule has 0 fully saturated rings. The van der Waals surface area contributed by atoms with Crippen molar-refractivity contribution in [2.45, 2.75) is 0 Å². The molecule has 0 unspecified atom stereocenters. The summed E-state index contributed by atoms with van der Waals surface area (Å²) in [6.07, 6.45) is 3.85. The first-order valence-corrected chi connectivity index (χ1v) is 19.5. The van der Waals surface area contributed by atoms with Gasteiger partial charge in [-0.15, -0.1) is 0 Å². The molecule has 3 aromatic carbocycles. The van der Waals surface area contributed by atoms with Crippen LogP contribution >= 0.6 is 95.6 Å². The van der Waals surface area contributed by atoms with Gasteiger partial charge < -0.3 is 15.0 Å². The minimum absolute atomic E-state index is 0.395. The van der Waals surface area contributed by atoms with E-state index in [2.05, 4.69) is 111 Å². The zero-order valence-electron chi connectivity index (χ0n) is 24.9. The third-order valence-electron chi connectivity index (χ3n) is 8.35.